The van der Waals surface area contributed by atoms with E-state index < -0.39 is 0 Å². The molecule has 0 unspecified atom stereocenters. The summed E-state index contributed by atoms with van der Waals surface area (Å²) in [4.78, 5) is 12.9. The normalized spacial score (nSPS) is 14.7. The number of para-hydroxylation sites is 1. The second-order valence-electron chi connectivity index (χ2n) is 7.01. The van der Waals surface area contributed by atoms with Crippen molar-refractivity contribution in [2.75, 3.05) is 16.4 Å². The number of nitrogens with zero attached hydrogens (tertiary/aromatic N) is 5. The number of nitrogens with two attached hydrogens (primary N) is 1. The van der Waals surface area contributed by atoms with E-state index in [9.17, 15) is 0 Å². The summed E-state index contributed by atoms with van der Waals surface area (Å²) in [7, 11) is 0. The smallest absolute Gasteiger partial charge is 0.232 e. The van der Waals surface area contributed by atoms with Gasteiger partial charge in [-0.05, 0) is 31.4 Å². The number of hydrogen-bond acceptors (Lipinski definition) is 10. The predicted octanol–water partition coefficient (Wildman–Crippen LogP) is 4.39. The van der Waals surface area contributed by atoms with Crippen molar-refractivity contribution in [1.29, 1.82) is 0 Å². The lowest BCUT2D eigenvalue weighted by Gasteiger charge is -2.21. The third-order valence-electron chi connectivity index (χ3n) is 4.75. The first-order chi connectivity index (χ1) is 14.2. The van der Waals surface area contributed by atoms with Gasteiger partial charge in [-0.3, -0.25) is 0 Å². The van der Waals surface area contributed by atoms with E-state index in [0.29, 0.717) is 23.6 Å². The SMILES string of the molecule is Cc1ccccc1Nc1nc(N)nc(CSc2nnc(NC3CCCCC3)s2)n1. The van der Waals surface area contributed by atoms with Crippen molar-refractivity contribution < 1.29 is 0 Å². The van der Waals surface area contributed by atoms with E-state index in [2.05, 4.69) is 35.8 Å². The molecular formula is C19H24N8S2. The maximum absolute atomic E-state index is 5.88. The number of rotatable bonds is 7. The summed E-state index contributed by atoms with van der Waals surface area (Å²) in [5.41, 5.74) is 7.93. The highest BCUT2D eigenvalue weighted by molar-refractivity contribution is 8.00. The van der Waals surface area contributed by atoms with E-state index in [-0.39, 0.29) is 5.95 Å². The van der Waals surface area contributed by atoms with Crippen LogP contribution in [0.15, 0.2) is 28.6 Å². The molecule has 1 aromatic carbocycles. The Kier molecular flexibility index (Phi) is 6.40. The van der Waals surface area contributed by atoms with Crippen LogP contribution in [0.1, 0.15) is 43.5 Å². The van der Waals surface area contributed by atoms with Gasteiger partial charge in [-0.15, -0.1) is 10.2 Å². The topological polar surface area (TPSA) is 115 Å². The molecule has 0 amide bonds. The van der Waals surface area contributed by atoms with Gasteiger partial charge in [0, 0.05) is 11.7 Å². The zero-order chi connectivity index (χ0) is 20.1. The molecule has 1 saturated carbocycles. The zero-order valence-electron chi connectivity index (χ0n) is 16.3. The zero-order valence-corrected chi connectivity index (χ0v) is 17.9. The van der Waals surface area contributed by atoms with Gasteiger partial charge >= 0.3 is 0 Å². The first kappa shape index (κ1) is 19.8. The average Bonchev–Trinajstić information content (AvgIpc) is 3.16. The first-order valence-electron chi connectivity index (χ1n) is 9.71. The molecule has 152 valence electrons. The molecular weight excluding hydrogens is 404 g/mol. The van der Waals surface area contributed by atoms with Crippen LogP contribution in [0.25, 0.3) is 0 Å². The van der Waals surface area contributed by atoms with E-state index in [0.717, 1.165) is 20.7 Å². The molecule has 2 heterocycles. The van der Waals surface area contributed by atoms with Crippen LogP contribution in [0, 0.1) is 6.92 Å². The second-order valence-corrected chi connectivity index (χ2v) is 9.21. The second kappa shape index (κ2) is 9.36. The van der Waals surface area contributed by atoms with Crippen molar-refractivity contribution >= 4 is 45.8 Å². The van der Waals surface area contributed by atoms with E-state index in [1.807, 2.05) is 31.2 Å². The highest BCUT2D eigenvalue weighted by atomic mass is 32.2. The summed E-state index contributed by atoms with van der Waals surface area (Å²) < 4.78 is 0.885. The molecule has 1 fully saturated rings. The number of nitrogen functional groups attached to an aromatic ring is 1. The van der Waals surface area contributed by atoms with Crippen LogP contribution in [0.3, 0.4) is 0 Å². The number of benzene rings is 1. The fraction of sp³-hybridized carbons (Fsp3) is 0.421. The summed E-state index contributed by atoms with van der Waals surface area (Å²) in [6.45, 7) is 2.03. The van der Waals surface area contributed by atoms with Crippen LogP contribution in [-0.2, 0) is 5.75 Å². The predicted molar refractivity (Wildman–Crippen MR) is 119 cm³/mol. The van der Waals surface area contributed by atoms with Crippen molar-refractivity contribution in [2.24, 2.45) is 0 Å². The Hall–Kier alpha value is -2.46. The van der Waals surface area contributed by atoms with Crippen LogP contribution < -0.4 is 16.4 Å². The Morgan fingerprint density at radius 2 is 1.93 bits per heavy atom. The van der Waals surface area contributed by atoms with E-state index in [4.69, 9.17) is 5.73 Å². The molecule has 4 N–H and O–H groups in total. The van der Waals surface area contributed by atoms with Crippen LogP contribution in [0.5, 0.6) is 0 Å². The minimum atomic E-state index is 0.198. The van der Waals surface area contributed by atoms with E-state index in [1.165, 1.54) is 32.1 Å². The minimum absolute atomic E-state index is 0.198. The number of anilines is 4. The Morgan fingerprint density at radius 3 is 2.76 bits per heavy atom. The summed E-state index contributed by atoms with van der Waals surface area (Å²) in [6, 6.07) is 8.48. The summed E-state index contributed by atoms with van der Waals surface area (Å²) in [5.74, 6) is 1.80. The van der Waals surface area contributed by atoms with Crippen LogP contribution in [0.2, 0.25) is 0 Å². The molecule has 2 aromatic heterocycles. The summed E-state index contributed by atoms with van der Waals surface area (Å²) in [5, 5.41) is 16.2. The lowest BCUT2D eigenvalue weighted by Crippen LogP contribution is -2.21. The Bertz CT molecular complexity index is 955. The Balaban J connectivity index is 1.37. The van der Waals surface area contributed by atoms with Gasteiger partial charge in [0.2, 0.25) is 17.0 Å². The molecule has 0 atom stereocenters. The van der Waals surface area contributed by atoms with E-state index in [1.54, 1.807) is 23.1 Å². The van der Waals surface area contributed by atoms with Crippen molar-refractivity contribution in [1.82, 2.24) is 25.1 Å². The quantitative estimate of drug-likeness (QED) is 0.471. The van der Waals surface area contributed by atoms with Gasteiger partial charge in [-0.1, -0.05) is 60.6 Å². The lowest BCUT2D eigenvalue weighted by atomic mass is 9.96. The van der Waals surface area contributed by atoms with Gasteiger partial charge in [-0.25, -0.2) is 0 Å². The molecule has 4 rings (SSSR count). The van der Waals surface area contributed by atoms with Crippen molar-refractivity contribution in [2.45, 2.75) is 55.2 Å². The molecule has 8 nitrogen and oxygen atoms in total. The molecule has 3 aromatic rings. The fourth-order valence-corrected chi connectivity index (χ4v) is 4.95. The minimum Gasteiger partial charge on any atom is -0.368 e. The number of hydrogen-bond donors (Lipinski definition) is 3. The van der Waals surface area contributed by atoms with Gasteiger partial charge in [0.15, 0.2) is 4.34 Å². The standard InChI is InChI=1S/C19H24N8S2/c1-12-7-5-6-10-14(12)22-17-24-15(23-16(20)25-17)11-28-19-27-26-18(29-19)21-13-8-3-2-4-9-13/h5-7,10,13H,2-4,8-9,11H2,1H3,(H,21,26)(H3,20,22,23,24,25). The Labute approximate surface area is 178 Å². The lowest BCUT2D eigenvalue weighted by molar-refractivity contribution is 0.462. The molecule has 0 aliphatic heterocycles. The van der Waals surface area contributed by atoms with Crippen molar-refractivity contribution in [3.05, 3.63) is 35.7 Å². The largest absolute Gasteiger partial charge is 0.368 e. The molecule has 29 heavy (non-hydrogen) atoms. The maximum Gasteiger partial charge on any atom is 0.232 e. The van der Waals surface area contributed by atoms with Gasteiger partial charge in [-0.2, -0.15) is 15.0 Å². The number of aromatic nitrogens is 5. The van der Waals surface area contributed by atoms with Crippen molar-refractivity contribution in [3.8, 4) is 0 Å². The third kappa shape index (κ3) is 5.54. The van der Waals surface area contributed by atoms with Crippen molar-refractivity contribution in [3.63, 3.8) is 0 Å². The molecule has 0 spiro atoms. The Morgan fingerprint density at radius 1 is 1.10 bits per heavy atom. The van der Waals surface area contributed by atoms with Gasteiger partial charge in [0.05, 0.1) is 5.75 Å². The number of thioether (sulfide) groups is 1. The highest BCUT2D eigenvalue weighted by Crippen LogP contribution is 2.30. The maximum atomic E-state index is 5.88. The van der Waals surface area contributed by atoms with Gasteiger partial charge in [0.1, 0.15) is 5.82 Å². The fourth-order valence-electron chi connectivity index (χ4n) is 3.27. The van der Waals surface area contributed by atoms with Crippen LogP contribution >= 0.6 is 23.1 Å². The third-order valence-corrected chi connectivity index (χ3v) is 6.74. The number of nitrogens with one attached hydrogen (secondary N) is 2. The van der Waals surface area contributed by atoms with Crippen LogP contribution in [-0.4, -0.2) is 31.2 Å². The molecule has 10 heteroatoms. The molecule has 1 aliphatic rings. The van der Waals surface area contributed by atoms with Gasteiger partial charge < -0.3 is 16.4 Å². The average molecular weight is 429 g/mol. The molecule has 0 saturated heterocycles. The molecule has 0 bridgehead atoms. The summed E-state index contributed by atoms with van der Waals surface area (Å²) >= 11 is 3.12. The summed E-state index contributed by atoms with van der Waals surface area (Å²) in [6.07, 6.45) is 6.34. The highest BCUT2D eigenvalue weighted by Gasteiger charge is 2.15. The molecule has 1 aliphatic carbocycles. The van der Waals surface area contributed by atoms with Crippen LogP contribution in [0.4, 0.5) is 22.7 Å². The monoisotopic (exact) mass is 428 g/mol. The first-order valence-corrected chi connectivity index (χ1v) is 11.5. The number of aryl methyl sites for hydroxylation is 1. The molecule has 0 radical (unpaired) electrons. The van der Waals surface area contributed by atoms with E-state index >= 15 is 0 Å². The van der Waals surface area contributed by atoms with Gasteiger partial charge in [0.25, 0.3) is 0 Å².